The molecule has 0 heterocycles. The van der Waals surface area contributed by atoms with E-state index in [1.807, 2.05) is 0 Å². The van der Waals surface area contributed by atoms with Gasteiger partial charge < -0.3 is 11.1 Å². The van der Waals surface area contributed by atoms with Gasteiger partial charge in [-0.3, -0.25) is 4.79 Å². The second-order valence-corrected chi connectivity index (χ2v) is 6.32. The highest BCUT2D eigenvalue weighted by molar-refractivity contribution is 5.81. The molecule has 98 valence electrons. The van der Waals surface area contributed by atoms with Crippen LogP contribution in [-0.4, -0.2) is 18.5 Å². The van der Waals surface area contributed by atoms with Crippen molar-refractivity contribution in [3.63, 3.8) is 0 Å². The predicted octanol–water partition coefficient (Wildman–Crippen LogP) is 1.91. The van der Waals surface area contributed by atoms with Gasteiger partial charge in [-0.25, -0.2) is 0 Å². The summed E-state index contributed by atoms with van der Waals surface area (Å²) < 4.78 is 0. The van der Waals surface area contributed by atoms with Gasteiger partial charge in [0.05, 0.1) is 6.04 Å². The van der Waals surface area contributed by atoms with E-state index in [0.717, 1.165) is 30.7 Å². The van der Waals surface area contributed by atoms with Gasteiger partial charge in [-0.2, -0.15) is 0 Å². The van der Waals surface area contributed by atoms with Crippen LogP contribution in [0.2, 0.25) is 0 Å². The summed E-state index contributed by atoms with van der Waals surface area (Å²) in [6.45, 7) is 5.06. The molecule has 2 aliphatic rings. The lowest BCUT2D eigenvalue weighted by atomic mass is 9.97. The average molecular weight is 238 g/mol. The molecule has 2 saturated carbocycles. The first kappa shape index (κ1) is 12.9. The van der Waals surface area contributed by atoms with E-state index in [0.29, 0.717) is 5.92 Å². The van der Waals surface area contributed by atoms with E-state index < -0.39 is 0 Å². The number of nitrogens with one attached hydrogen (secondary N) is 1. The van der Waals surface area contributed by atoms with Crippen LogP contribution in [0.1, 0.15) is 46.0 Å². The molecule has 3 heteroatoms. The van der Waals surface area contributed by atoms with Crippen molar-refractivity contribution in [2.24, 2.45) is 29.4 Å². The highest BCUT2D eigenvalue weighted by Crippen LogP contribution is 2.48. The Morgan fingerprint density at radius 1 is 1.24 bits per heavy atom. The summed E-state index contributed by atoms with van der Waals surface area (Å²) in [5, 5.41) is 3.07. The van der Waals surface area contributed by atoms with Crippen molar-refractivity contribution < 1.29 is 4.79 Å². The van der Waals surface area contributed by atoms with E-state index in [2.05, 4.69) is 19.2 Å². The first-order valence-corrected chi connectivity index (χ1v) is 7.11. The molecule has 0 aromatic rings. The maximum Gasteiger partial charge on any atom is 0.236 e. The fourth-order valence-electron chi connectivity index (χ4n) is 2.73. The number of hydrogen-bond donors (Lipinski definition) is 2. The fraction of sp³-hybridized carbons (Fsp3) is 0.929. The Morgan fingerprint density at radius 3 is 2.18 bits per heavy atom. The topological polar surface area (TPSA) is 55.1 Å². The predicted molar refractivity (Wildman–Crippen MR) is 69.4 cm³/mol. The van der Waals surface area contributed by atoms with Crippen LogP contribution in [0.5, 0.6) is 0 Å². The second kappa shape index (κ2) is 5.38. The molecule has 0 spiro atoms. The van der Waals surface area contributed by atoms with Crippen molar-refractivity contribution in [2.45, 2.75) is 52.0 Å². The van der Waals surface area contributed by atoms with E-state index in [4.69, 9.17) is 5.73 Å². The molecule has 3 N–H and O–H groups in total. The zero-order valence-electron chi connectivity index (χ0n) is 11.1. The van der Waals surface area contributed by atoms with Crippen LogP contribution >= 0.6 is 0 Å². The molecule has 1 atom stereocenters. The number of nitrogens with two attached hydrogens (primary N) is 1. The Balaban J connectivity index is 1.70. The maximum atomic E-state index is 11.8. The van der Waals surface area contributed by atoms with Crippen LogP contribution in [0.3, 0.4) is 0 Å². The van der Waals surface area contributed by atoms with E-state index in [9.17, 15) is 4.79 Å². The van der Waals surface area contributed by atoms with Gasteiger partial charge >= 0.3 is 0 Å². The molecule has 0 bridgehead atoms. The quantitative estimate of drug-likeness (QED) is 0.712. The highest BCUT2D eigenvalue weighted by atomic mass is 16.2. The molecule has 2 rings (SSSR count). The molecule has 0 radical (unpaired) electrons. The van der Waals surface area contributed by atoms with E-state index in [1.165, 1.54) is 25.7 Å². The second-order valence-electron chi connectivity index (χ2n) is 6.32. The summed E-state index contributed by atoms with van der Waals surface area (Å²) >= 11 is 0. The van der Waals surface area contributed by atoms with Gasteiger partial charge in [-0.05, 0) is 55.8 Å². The van der Waals surface area contributed by atoms with Crippen molar-refractivity contribution in [1.29, 1.82) is 0 Å². The number of amides is 1. The highest BCUT2D eigenvalue weighted by Gasteiger charge is 2.41. The Bertz CT molecular complexity index is 257. The minimum Gasteiger partial charge on any atom is -0.354 e. The molecule has 0 saturated heterocycles. The number of rotatable bonds is 7. The van der Waals surface area contributed by atoms with Crippen LogP contribution < -0.4 is 11.1 Å². The summed E-state index contributed by atoms with van der Waals surface area (Å²) in [6.07, 6.45) is 6.26. The molecular weight excluding hydrogens is 212 g/mol. The monoisotopic (exact) mass is 238 g/mol. The van der Waals surface area contributed by atoms with E-state index in [-0.39, 0.29) is 11.9 Å². The molecule has 0 aromatic heterocycles. The molecule has 3 nitrogen and oxygen atoms in total. The van der Waals surface area contributed by atoms with Crippen LogP contribution in [-0.2, 0) is 4.79 Å². The molecule has 0 aliphatic heterocycles. The lowest BCUT2D eigenvalue weighted by Crippen LogP contribution is -2.43. The Kier molecular flexibility index (Phi) is 4.08. The molecule has 0 aromatic carbocycles. The molecular formula is C14H26N2O. The minimum absolute atomic E-state index is 0.0463. The minimum atomic E-state index is -0.325. The summed E-state index contributed by atoms with van der Waals surface area (Å²) in [6, 6.07) is -0.325. The van der Waals surface area contributed by atoms with Crippen molar-refractivity contribution in [2.75, 3.05) is 6.54 Å². The first-order chi connectivity index (χ1) is 8.08. The van der Waals surface area contributed by atoms with Gasteiger partial charge in [0.2, 0.25) is 5.91 Å². The van der Waals surface area contributed by atoms with Crippen molar-refractivity contribution in [3.05, 3.63) is 0 Å². The van der Waals surface area contributed by atoms with Crippen LogP contribution in [0, 0.1) is 23.7 Å². The number of hydrogen-bond acceptors (Lipinski definition) is 2. The smallest absolute Gasteiger partial charge is 0.236 e. The van der Waals surface area contributed by atoms with Gasteiger partial charge in [0.1, 0.15) is 0 Å². The lowest BCUT2D eigenvalue weighted by Gasteiger charge is -2.19. The van der Waals surface area contributed by atoms with Crippen molar-refractivity contribution in [1.82, 2.24) is 5.32 Å². The summed E-state index contributed by atoms with van der Waals surface area (Å²) in [4.78, 5) is 11.8. The average Bonchev–Trinajstić information content (AvgIpc) is 3.11. The molecule has 2 fully saturated rings. The van der Waals surface area contributed by atoms with Crippen LogP contribution in [0.25, 0.3) is 0 Å². The third-order valence-corrected chi connectivity index (χ3v) is 4.03. The summed E-state index contributed by atoms with van der Waals surface area (Å²) in [5.41, 5.74) is 5.88. The Morgan fingerprint density at radius 2 is 1.76 bits per heavy atom. The molecule has 2 aliphatic carbocycles. The van der Waals surface area contributed by atoms with Crippen LogP contribution in [0.4, 0.5) is 0 Å². The zero-order valence-corrected chi connectivity index (χ0v) is 11.1. The summed E-state index contributed by atoms with van der Waals surface area (Å²) in [7, 11) is 0. The zero-order chi connectivity index (χ0) is 12.4. The Labute approximate surface area is 105 Å². The number of carbonyl (C=O) groups is 1. The Hall–Kier alpha value is -0.570. The largest absolute Gasteiger partial charge is 0.354 e. The first-order valence-electron chi connectivity index (χ1n) is 7.11. The maximum absolute atomic E-state index is 11.8. The van der Waals surface area contributed by atoms with E-state index >= 15 is 0 Å². The molecule has 1 amide bonds. The van der Waals surface area contributed by atoms with Crippen LogP contribution in [0.15, 0.2) is 0 Å². The van der Waals surface area contributed by atoms with Gasteiger partial charge in [0, 0.05) is 6.54 Å². The standard InChI is InChI=1S/C14H26N2O/c1-9(2)7-13(15)14(17)16-8-12(10-3-4-10)11-5-6-11/h9-13H,3-8,15H2,1-2H3,(H,16,17)/t13-/m1/s1. The van der Waals surface area contributed by atoms with Gasteiger partial charge in [-0.15, -0.1) is 0 Å². The molecule has 17 heavy (non-hydrogen) atoms. The fourth-order valence-corrected chi connectivity index (χ4v) is 2.73. The van der Waals surface area contributed by atoms with Gasteiger partial charge in [0.25, 0.3) is 0 Å². The van der Waals surface area contributed by atoms with Crippen molar-refractivity contribution in [3.8, 4) is 0 Å². The van der Waals surface area contributed by atoms with Gasteiger partial charge in [-0.1, -0.05) is 13.8 Å². The molecule has 0 unspecified atom stereocenters. The summed E-state index contributed by atoms with van der Waals surface area (Å²) in [5.74, 6) is 3.06. The normalized spacial score (nSPS) is 21.9. The van der Waals surface area contributed by atoms with E-state index in [1.54, 1.807) is 0 Å². The third-order valence-electron chi connectivity index (χ3n) is 4.03. The number of carbonyl (C=O) groups excluding carboxylic acids is 1. The van der Waals surface area contributed by atoms with Crippen molar-refractivity contribution >= 4 is 5.91 Å². The third kappa shape index (κ3) is 3.98. The SMILES string of the molecule is CC(C)C[C@@H](N)C(=O)NCC(C1CC1)C1CC1. The lowest BCUT2D eigenvalue weighted by molar-refractivity contribution is -0.122. The van der Waals surface area contributed by atoms with Gasteiger partial charge in [0.15, 0.2) is 0 Å².